The smallest absolute Gasteiger partial charge is 0.0792 e. The van der Waals surface area contributed by atoms with Gasteiger partial charge in [-0.05, 0) is 101 Å². The van der Waals surface area contributed by atoms with E-state index in [4.69, 9.17) is 0 Å². The van der Waals surface area contributed by atoms with Crippen molar-refractivity contribution in [3.63, 3.8) is 0 Å². The van der Waals surface area contributed by atoms with Gasteiger partial charge in [-0.25, -0.2) is 0 Å². The second-order valence-corrected chi connectivity index (χ2v) is 13.2. The molecule has 1 atom stereocenters. The Morgan fingerprint density at radius 3 is 1.93 bits per heavy atom. The summed E-state index contributed by atoms with van der Waals surface area (Å²) in [5, 5.41) is 2.57. The monoisotopic (exact) mass is 702 g/mol. The molecule has 2 heterocycles. The maximum atomic E-state index is 2.53. The van der Waals surface area contributed by atoms with Crippen LogP contribution in [0.25, 0.3) is 49.8 Å². The van der Waals surface area contributed by atoms with Crippen molar-refractivity contribution in [2.24, 2.45) is 0 Å². The van der Waals surface area contributed by atoms with Crippen molar-refractivity contribution in [3.8, 4) is 16.8 Å². The first kappa shape index (κ1) is 36.2. The molecule has 268 valence electrons. The summed E-state index contributed by atoms with van der Waals surface area (Å²) in [6.45, 7) is 10.1. The third kappa shape index (κ3) is 6.88. The number of anilines is 1. The van der Waals surface area contributed by atoms with Gasteiger partial charge in [0, 0.05) is 27.8 Å². The molecule has 2 aliphatic rings. The average molecular weight is 703 g/mol. The molecule has 1 aromatic heterocycles. The van der Waals surface area contributed by atoms with E-state index in [9.17, 15) is 0 Å². The fourth-order valence-electron chi connectivity index (χ4n) is 7.91. The lowest BCUT2D eigenvalue weighted by Crippen LogP contribution is -2.46. The van der Waals surface area contributed by atoms with E-state index in [0.717, 1.165) is 12.8 Å². The predicted octanol–water partition coefficient (Wildman–Crippen LogP) is 14.5. The minimum absolute atomic E-state index is 0.184. The molecule has 0 fully saturated rings. The van der Waals surface area contributed by atoms with Crippen LogP contribution in [0.3, 0.4) is 0 Å². The highest BCUT2D eigenvalue weighted by molar-refractivity contribution is 6.10. The number of para-hydroxylation sites is 2. The van der Waals surface area contributed by atoms with Crippen molar-refractivity contribution < 1.29 is 0 Å². The van der Waals surface area contributed by atoms with Gasteiger partial charge < -0.3 is 9.47 Å². The maximum absolute atomic E-state index is 2.53. The largest absolute Gasteiger partial charge is 0.334 e. The van der Waals surface area contributed by atoms with Gasteiger partial charge in [-0.15, -0.1) is 0 Å². The molecule has 0 spiro atoms. The van der Waals surface area contributed by atoms with Crippen LogP contribution in [-0.2, 0) is 0 Å². The van der Waals surface area contributed by atoms with E-state index in [-0.39, 0.29) is 6.04 Å². The first-order valence-electron chi connectivity index (χ1n) is 19.6. The minimum atomic E-state index is 0.184. The molecule has 0 saturated carbocycles. The summed E-state index contributed by atoms with van der Waals surface area (Å²) >= 11 is 0. The Labute approximate surface area is 321 Å². The van der Waals surface area contributed by atoms with Crippen LogP contribution in [0, 0.1) is 0 Å². The summed E-state index contributed by atoms with van der Waals surface area (Å²) in [4.78, 5) is 2.53. The predicted molar refractivity (Wildman–Crippen MR) is 235 cm³/mol. The van der Waals surface area contributed by atoms with E-state index in [1.54, 1.807) is 0 Å². The zero-order chi connectivity index (χ0) is 37.4. The van der Waals surface area contributed by atoms with Crippen molar-refractivity contribution in [1.82, 2.24) is 4.57 Å². The van der Waals surface area contributed by atoms with E-state index < -0.39 is 0 Å². The lowest BCUT2D eigenvalue weighted by Gasteiger charge is -2.47. The second-order valence-electron chi connectivity index (χ2n) is 13.2. The lowest BCUT2D eigenvalue weighted by molar-refractivity contribution is 0.696. The molecule has 7 aromatic rings. The molecule has 54 heavy (non-hydrogen) atoms. The Morgan fingerprint density at radius 2 is 1.19 bits per heavy atom. The van der Waals surface area contributed by atoms with Crippen LogP contribution in [-0.4, -0.2) is 10.6 Å². The van der Waals surface area contributed by atoms with E-state index in [0.29, 0.717) is 0 Å². The van der Waals surface area contributed by atoms with Crippen LogP contribution >= 0.6 is 0 Å². The van der Waals surface area contributed by atoms with Gasteiger partial charge in [-0.2, -0.15) is 0 Å². The second kappa shape index (κ2) is 16.7. The van der Waals surface area contributed by atoms with E-state index >= 15 is 0 Å². The molecule has 6 aromatic carbocycles. The molecule has 1 aliphatic carbocycles. The van der Waals surface area contributed by atoms with Gasteiger partial charge in [-0.3, -0.25) is 0 Å². The molecular weight excluding hydrogens is 653 g/mol. The van der Waals surface area contributed by atoms with Crippen molar-refractivity contribution in [3.05, 3.63) is 204 Å². The van der Waals surface area contributed by atoms with Gasteiger partial charge in [0.05, 0.1) is 17.1 Å². The number of hydrogen-bond acceptors (Lipinski definition) is 1. The first-order valence-corrected chi connectivity index (χ1v) is 19.6. The Bertz CT molecular complexity index is 2480. The summed E-state index contributed by atoms with van der Waals surface area (Å²) in [6.07, 6.45) is 11.4. The number of allylic oxidation sites excluding steroid dienone is 5. The number of benzene rings is 6. The van der Waals surface area contributed by atoms with E-state index in [2.05, 4.69) is 198 Å². The molecular formula is C52H50N2. The Balaban J connectivity index is 0.00000109. The van der Waals surface area contributed by atoms with Crippen molar-refractivity contribution >= 4 is 38.6 Å². The normalized spacial score (nSPS) is 15.2. The average Bonchev–Trinajstić information content (AvgIpc) is 3.59. The van der Waals surface area contributed by atoms with Gasteiger partial charge in [-0.1, -0.05) is 167 Å². The van der Waals surface area contributed by atoms with Gasteiger partial charge in [0.1, 0.15) is 0 Å². The lowest BCUT2D eigenvalue weighted by atomic mass is 9.81. The molecule has 0 amide bonds. The molecule has 1 unspecified atom stereocenters. The molecule has 0 N–H and O–H groups in total. The molecule has 2 heteroatoms. The quantitative estimate of drug-likeness (QED) is 0.150. The van der Waals surface area contributed by atoms with E-state index in [1.165, 1.54) is 77.9 Å². The fraction of sp³-hybridized carbons (Fsp3) is 0.154. The molecule has 1 aliphatic heterocycles. The van der Waals surface area contributed by atoms with E-state index in [1.807, 2.05) is 27.7 Å². The third-order valence-corrected chi connectivity index (χ3v) is 10.3. The number of fused-ring (bicyclic) bond motifs is 3. The van der Waals surface area contributed by atoms with Crippen LogP contribution in [0.5, 0.6) is 0 Å². The van der Waals surface area contributed by atoms with Crippen LogP contribution < -0.4 is 4.90 Å². The fourth-order valence-corrected chi connectivity index (χ4v) is 7.91. The Morgan fingerprint density at radius 1 is 0.556 bits per heavy atom. The zero-order valence-corrected chi connectivity index (χ0v) is 32.2. The zero-order valence-electron chi connectivity index (χ0n) is 32.2. The van der Waals surface area contributed by atoms with Gasteiger partial charge in [0.25, 0.3) is 0 Å². The summed E-state index contributed by atoms with van der Waals surface area (Å²) in [5.41, 5.74) is 15.4. The SMILES string of the molecule is C/C=C(\C=C/C1C2=C(CCC(c3ccc4c(c3)c3ccccc3n4-c3cccc(-c4ccccc4)c3)=C2)N1c1ccccc1)c1ccccc1.CC.CC. The van der Waals surface area contributed by atoms with Crippen molar-refractivity contribution in [2.45, 2.75) is 53.5 Å². The summed E-state index contributed by atoms with van der Waals surface area (Å²) in [7, 11) is 0. The molecule has 9 rings (SSSR count). The third-order valence-electron chi connectivity index (χ3n) is 10.3. The minimum Gasteiger partial charge on any atom is -0.334 e. The molecule has 0 saturated heterocycles. The van der Waals surface area contributed by atoms with Crippen LogP contribution in [0.15, 0.2) is 193 Å². The van der Waals surface area contributed by atoms with Gasteiger partial charge >= 0.3 is 0 Å². The van der Waals surface area contributed by atoms with Crippen molar-refractivity contribution in [1.29, 1.82) is 0 Å². The highest BCUT2D eigenvalue weighted by Gasteiger charge is 2.37. The first-order chi connectivity index (χ1) is 26.8. The molecule has 0 radical (unpaired) electrons. The number of nitrogens with zero attached hydrogens (tertiary/aromatic N) is 2. The van der Waals surface area contributed by atoms with Gasteiger partial charge in [0.15, 0.2) is 0 Å². The van der Waals surface area contributed by atoms with Crippen LogP contribution in [0.1, 0.15) is 58.6 Å². The summed E-state index contributed by atoms with van der Waals surface area (Å²) in [5.74, 6) is 0. The topological polar surface area (TPSA) is 8.17 Å². The highest BCUT2D eigenvalue weighted by Crippen LogP contribution is 2.46. The van der Waals surface area contributed by atoms with Crippen LogP contribution in [0.4, 0.5) is 5.69 Å². The maximum Gasteiger partial charge on any atom is 0.0792 e. The summed E-state index contributed by atoms with van der Waals surface area (Å²) < 4.78 is 2.42. The molecule has 2 nitrogen and oxygen atoms in total. The standard InChI is InChI=1S/C48H38N2.2C2H6/c1-2-34(35-15-6-3-7-16-35)25-28-47-44-33-39(27-30-48(44)49(47)40-20-10-5-11-21-40)38-26-29-46-43(32-38)42-23-12-13-24-45(42)50(46)41-22-14-19-37(31-41)36-17-8-4-9-18-36;2*1-2/h2-26,28-29,31-33,47H,27,30H2,1H3;2*1-2H3/b28-25-,34-2+;;. The number of rotatable bonds is 7. The van der Waals surface area contributed by atoms with Crippen molar-refractivity contribution in [2.75, 3.05) is 4.90 Å². The highest BCUT2D eigenvalue weighted by atomic mass is 15.2. The molecule has 0 bridgehead atoms. The van der Waals surface area contributed by atoms with Gasteiger partial charge in [0.2, 0.25) is 0 Å². The number of hydrogen-bond donors (Lipinski definition) is 0. The Hall–Kier alpha value is -6.12. The Kier molecular flexibility index (Phi) is 11.2. The number of aromatic nitrogens is 1. The van der Waals surface area contributed by atoms with Crippen LogP contribution in [0.2, 0.25) is 0 Å². The summed E-state index contributed by atoms with van der Waals surface area (Å²) in [6, 6.07) is 57.2.